The third-order valence-corrected chi connectivity index (χ3v) is 8.85. The van der Waals surface area contributed by atoms with E-state index in [0.717, 1.165) is 49.4 Å². The topological polar surface area (TPSA) is 68.3 Å². The molecule has 1 aromatic rings. The number of amides is 1. The molecular formula is C21H28N2O3S. The highest BCUT2D eigenvalue weighted by Gasteiger charge is 2.58. The standard InChI is InChI=1S/C21H28N2O3S/c1-10-13-7-8-21(3)9-14-16(11(2)15(21)17(13)26-19(10)25)22-20(27-14)23-18(24)12-5-4-6-12/h10-13,15,17H,4-9H2,1-3H3,(H,22,23,24)/t10-,11-,13-,15+,17-,21-/m0/s1. The molecule has 1 aromatic heterocycles. The van der Waals surface area contributed by atoms with E-state index in [2.05, 4.69) is 19.2 Å². The molecule has 1 amide bonds. The number of hydrogen-bond acceptors (Lipinski definition) is 5. The minimum Gasteiger partial charge on any atom is -0.461 e. The second kappa shape index (κ2) is 6.03. The quantitative estimate of drug-likeness (QED) is 0.773. The van der Waals surface area contributed by atoms with E-state index >= 15 is 0 Å². The van der Waals surface area contributed by atoms with Gasteiger partial charge in [-0.05, 0) is 37.5 Å². The summed E-state index contributed by atoms with van der Waals surface area (Å²) < 4.78 is 5.89. The van der Waals surface area contributed by atoms with Gasteiger partial charge in [0, 0.05) is 28.5 Å². The van der Waals surface area contributed by atoms with Crippen LogP contribution in [0.25, 0.3) is 0 Å². The Morgan fingerprint density at radius 3 is 2.74 bits per heavy atom. The van der Waals surface area contributed by atoms with Crippen molar-refractivity contribution in [1.82, 2.24) is 4.98 Å². The highest BCUT2D eigenvalue weighted by Crippen LogP contribution is 2.59. The summed E-state index contributed by atoms with van der Waals surface area (Å²) in [6, 6.07) is 0. The molecule has 146 valence electrons. The number of nitrogens with one attached hydrogen (secondary N) is 1. The molecule has 0 radical (unpaired) electrons. The fourth-order valence-electron chi connectivity index (χ4n) is 6.01. The lowest BCUT2D eigenvalue weighted by molar-refractivity contribution is -0.149. The number of fused-ring (bicyclic) bond motifs is 4. The smallest absolute Gasteiger partial charge is 0.309 e. The number of hydrogen-bond donors (Lipinski definition) is 1. The first-order valence-corrected chi connectivity index (χ1v) is 11.2. The van der Waals surface area contributed by atoms with Gasteiger partial charge in [-0.3, -0.25) is 9.59 Å². The molecule has 0 spiro atoms. The Kier molecular flexibility index (Phi) is 3.94. The molecule has 3 fully saturated rings. The number of anilines is 1. The zero-order valence-corrected chi connectivity index (χ0v) is 17.1. The van der Waals surface area contributed by atoms with Crippen LogP contribution in [0.1, 0.15) is 69.4 Å². The zero-order chi connectivity index (χ0) is 18.9. The van der Waals surface area contributed by atoms with Crippen LogP contribution in [0.2, 0.25) is 0 Å². The number of nitrogens with zero attached hydrogens (tertiary/aromatic N) is 1. The van der Waals surface area contributed by atoms with Crippen molar-refractivity contribution >= 4 is 28.3 Å². The number of thiazole rings is 1. The maximum absolute atomic E-state index is 12.3. The van der Waals surface area contributed by atoms with Gasteiger partial charge in [0.1, 0.15) is 6.10 Å². The Labute approximate surface area is 164 Å². The highest BCUT2D eigenvalue weighted by molar-refractivity contribution is 7.15. The molecule has 4 aliphatic rings. The first kappa shape index (κ1) is 17.7. The molecular weight excluding hydrogens is 360 g/mol. The summed E-state index contributed by atoms with van der Waals surface area (Å²) in [6.07, 6.45) is 6.35. The van der Waals surface area contributed by atoms with Crippen molar-refractivity contribution in [3.8, 4) is 0 Å². The molecule has 5 rings (SSSR count). The molecule has 0 unspecified atom stereocenters. The van der Waals surface area contributed by atoms with E-state index in [-0.39, 0.29) is 41.1 Å². The van der Waals surface area contributed by atoms with Crippen molar-refractivity contribution in [1.29, 1.82) is 0 Å². The summed E-state index contributed by atoms with van der Waals surface area (Å²) in [7, 11) is 0. The maximum atomic E-state index is 12.3. The molecule has 1 aliphatic heterocycles. The van der Waals surface area contributed by atoms with Gasteiger partial charge >= 0.3 is 5.97 Å². The zero-order valence-electron chi connectivity index (χ0n) is 16.3. The molecule has 1 N–H and O–H groups in total. The minimum absolute atomic E-state index is 0.0147. The molecule has 1 saturated heterocycles. The van der Waals surface area contributed by atoms with Crippen LogP contribution < -0.4 is 5.32 Å². The van der Waals surface area contributed by atoms with Crippen molar-refractivity contribution in [3.05, 3.63) is 10.6 Å². The summed E-state index contributed by atoms with van der Waals surface area (Å²) in [5.74, 6) is 1.19. The van der Waals surface area contributed by atoms with E-state index in [4.69, 9.17) is 9.72 Å². The lowest BCUT2D eigenvalue weighted by Crippen LogP contribution is -2.50. The van der Waals surface area contributed by atoms with Crippen molar-refractivity contribution in [3.63, 3.8) is 0 Å². The van der Waals surface area contributed by atoms with Gasteiger partial charge in [0.2, 0.25) is 5.91 Å². The largest absolute Gasteiger partial charge is 0.461 e. The lowest BCUT2D eigenvalue weighted by atomic mass is 9.54. The van der Waals surface area contributed by atoms with E-state index in [0.29, 0.717) is 11.8 Å². The predicted molar refractivity (Wildman–Crippen MR) is 104 cm³/mol. The van der Waals surface area contributed by atoms with Gasteiger partial charge in [-0.25, -0.2) is 4.98 Å². The van der Waals surface area contributed by atoms with Gasteiger partial charge in [-0.15, -0.1) is 11.3 Å². The predicted octanol–water partition coefficient (Wildman–Crippen LogP) is 4.14. The maximum Gasteiger partial charge on any atom is 0.309 e. The molecule has 6 heteroatoms. The number of rotatable bonds is 2. The third kappa shape index (κ3) is 2.59. The molecule has 5 nitrogen and oxygen atoms in total. The van der Waals surface area contributed by atoms with Crippen LogP contribution in [-0.2, 0) is 20.7 Å². The summed E-state index contributed by atoms with van der Waals surface area (Å²) >= 11 is 1.65. The van der Waals surface area contributed by atoms with Crippen molar-refractivity contribution in [2.75, 3.05) is 5.32 Å². The fraction of sp³-hybridized carbons (Fsp3) is 0.762. The molecule has 2 saturated carbocycles. The van der Waals surface area contributed by atoms with Gasteiger partial charge in [0.05, 0.1) is 11.6 Å². The van der Waals surface area contributed by atoms with E-state index in [1.165, 1.54) is 4.88 Å². The number of aromatic nitrogens is 1. The van der Waals surface area contributed by atoms with Crippen molar-refractivity contribution < 1.29 is 14.3 Å². The fourth-order valence-corrected chi connectivity index (χ4v) is 7.28. The third-order valence-electron chi connectivity index (χ3n) is 7.86. The van der Waals surface area contributed by atoms with Crippen LogP contribution in [0.4, 0.5) is 5.13 Å². The van der Waals surface area contributed by atoms with Crippen LogP contribution in [0.15, 0.2) is 0 Å². The normalized spacial score (nSPS) is 40.4. The van der Waals surface area contributed by atoms with E-state index in [9.17, 15) is 9.59 Å². The Bertz CT molecular complexity index is 801. The minimum atomic E-state index is -0.0287. The van der Waals surface area contributed by atoms with Crippen molar-refractivity contribution in [2.24, 2.45) is 29.1 Å². The van der Waals surface area contributed by atoms with Gasteiger partial charge in [0.25, 0.3) is 0 Å². The summed E-state index contributed by atoms with van der Waals surface area (Å²) in [6.45, 7) is 6.61. The molecule has 0 bridgehead atoms. The molecule has 0 aromatic carbocycles. The highest BCUT2D eigenvalue weighted by atomic mass is 32.1. The van der Waals surface area contributed by atoms with Crippen LogP contribution in [0, 0.1) is 29.1 Å². The molecule has 27 heavy (non-hydrogen) atoms. The summed E-state index contributed by atoms with van der Waals surface area (Å²) in [5, 5.41) is 3.81. The van der Waals surface area contributed by atoms with Crippen LogP contribution in [0.3, 0.4) is 0 Å². The Hall–Kier alpha value is -1.43. The van der Waals surface area contributed by atoms with E-state index in [1.54, 1.807) is 11.3 Å². The van der Waals surface area contributed by atoms with Crippen LogP contribution in [-0.4, -0.2) is 23.0 Å². The van der Waals surface area contributed by atoms with Crippen LogP contribution >= 0.6 is 11.3 Å². The van der Waals surface area contributed by atoms with Crippen LogP contribution in [0.5, 0.6) is 0 Å². The Morgan fingerprint density at radius 1 is 1.26 bits per heavy atom. The summed E-state index contributed by atoms with van der Waals surface area (Å²) in [4.78, 5) is 30.7. The first-order valence-electron chi connectivity index (χ1n) is 10.4. The SMILES string of the molecule is C[C@@H]1C(=O)O[C@H]2[C@H]1CC[C@@]1(C)Cc3sc(NC(=O)C4CCC4)nc3[C@@H](C)[C@H]21. The Balaban J connectivity index is 1.43. The van der Waals surface area contributed by atoms with Gasteiger partial charge in [0.15, 0.2) is 5.13 Å². The van der Waals surface area contributed by atoms with E-state index < -0.39 is 0 Å². The van der Waals surface area contributed by atoms with Gasteiger partial charge < -0.3 is 10.1 Å². The number of carbonyl (C=O) groups excluding carboxylic acids is 2. The van der Waals surface area contributed by atoms with Gasteiger partial charge in [-0.2, -0.15) is 0 Å². The second-order valence-electron chi connectivity index (χ2n) is 9.48. The number of ether oxygens (including phenoxy) is 1. The average molecular weight is 389 g/mol. The molecule has 6 atom stereocenters. The molecule has 2 heterocycles. The lowest BCUT2D eigenvalue weighted by Gasteiger charge is -2.51. The Morgan fingerprint density at radius 2 is 2.04 bits per heavy atom. The van der Waals surface area contributed by atoms with Gasteiger partial charge in [-0.1, -0.05) is 27.2 Å². The number of esters is 1. The van der Waals surface area contributed by atoms with E-state index in [1.807, 2.05) is 6.92 Å². The average Bonchev–Trinajstić information content (AvgIpc) is 3.06. The first-order chi connectivity index (χ1) is 12.9. The number of carbonyl (C=O) groups is 2. The second-order valence-corrected chi connectivity index (χ2v) is 10.6. The monoisotopic (exact) mass is 388 g/mol. The molecule has 3 aliphatic carbocycles. The van der Waals surface area contributed by atoms with Crippen molar-refractivity contribution in [2.45, 2.75) is 71.3 Å². The summed E-state index contributed by atoms with van der Waals surface area (Å²) in [5.41, 5.74) is 1.25.